The van der Waals surface area contributed by atoms with Crippen molar-refractivity contribution < 1.29 is 14.7 Å². The molecule has 0 aliphatic carbocycles. The number of piperidine rings is 1. The first-order valence-electron chi connectivity index (χ1n) is 7.46. The number of phenolic OH excluding ortho intramolecular Hbond substituents is 1. The van der Waals surface area contributed by atoms with Crippen LogP contribution >= 0.6 is 11.6 Å². The van der Waals surface area contributed by atoms with Gasteiger partial charge in [-0.15, -0.1) is 0 Å². The van der Waals surface area contributed by atoms with Gasteiger partial charge in [-0.2, -0.15) is 0 Å². The van der Waals surface area contributed by atoms with Gasteiger partial charge in [0.1, 0.15) is 5.75 Å². The number of carbonyl (C=O) groups is 2. The van der Waals surface area contributed by atoms with Gasteiger partial charge in [-0.1, -0.05) is 25.4 Å². The van der Waals surface area contributed by atoms with Crippen LogP contribution in [-0.4, -0.2) is 41.0 Å². The molecule has 1 aromatic carbocycles. The minimum atomic E-state index is -0.134. The SMILES string of the molecule is CC(C)C(=O)N[C@H]1CCCN(C(=O)c2ccc(O)c(Cl)c2)C1. The number of benzene rings is 1. The van der Waals surface area contributed by atoms with Crippen molar-refractivity contribution in [1.29, 1.82) is 0 Å². The lowest BCUT2D eigenvalue weighted by Gasteiger charge is -2.33. The highest BCUT2D eigenvalue weighted by molar-refractivity contribution is 6.32. The maximum Gasteiger partial charge on any atom is 0.253 e. The smallest absolute Gasteiger partial charge is 0.253 e. The predicted molar refractivity (Wildman–Crippen MR) is 85.0 cm³/mol. The second-order valence-corrected chi connectivity index (χ2v) is 6.33. The second-order valence-electron chi connectivity index (χ2n) is 5.92. The fourth-order valence-electron chi connectivity index (χ4n) is 2.47. The summed E-state index contributed by atoms with van der Waals surface area (Å²) in [6.07, 6.45) is 1.72. The summed E-state index contributed by atoms with van der Waals surface area (Å²) in [6.45, 7) is 4.85. The number of nitrogens with zero attached hydrogens (tertiary/aromatic N) is 1. The van der Waals surface area contributed by atoms with Crippen LogP contribution in [0.3, 0.4) is 0 Å². The van der Waals surface area contributed by atoms with Crippen LogP contribution in [0.1, 0.15) is 37.0 Å². The molecular weight excluding hydrogens is 304 g/mol. The number of nitrogens with one attached hydrogen (secondary N) is 1. The maximum atomic E-state index is 12.5. The molecule has 2 N–H and O–H groups in total. The Kier molecular flexibility index (Phi) is 5.29. The fourth-order valence-corrected chi connectivity index (χ4v) is 2.65. The van der Waals surface area contributed by atoms with Crippen molar-refractivity contribution in [3.05, 3.63) is 28.8 Å². The third kappa shape index (κ3) is 3.91. The Morgan fingerprint density at radius 3 is 2.77 bits per heavy atom. The average Bonchev–Trinajstić information content (AvgIpc) is 2.49. The van der Waals surface area contributed by atoms with Gasteiger partial charge in [0.15, 0.2) is 0 Å². The van der Waals surface area contributed by atoms with Crippen LogP contribution in [0.4, 0.5) is 0 Å². The minimum absolute atomic E-state index is 0.00646. The third-order valence-corrected chi connectivity index (χ3v) is 4.08. The van der Waals surface area contributed by atoms with Crippen LogP contribution in [0.2, 0.25) is 5.02 Å². The van der Waals surface area contributed by atoms with Crippen LogP contribution in [0.5, 0.6) is 5.75 Å². The number of amides is 2. The Bertz CT molecular complexity index is 575. The lowest BCUT2D eigenvalue weighted by molar-refractivity contribution is -0.125. The zero-order chi connectivity index (χ0) is 16.3. The Morgan fingerprint density at radius 1 is 1.41 bits per heavy atom. The van der Waals surface area contributed by atoms with Crippen molar-refractivity contribution in [2.45, 2.75) is 32.7 Å². The van der Waals surface area contributed by atoms with Gasteiger partial charge >= 0.3 is 0 Å². The van der Waals surface area contributed by atoms with Crippen molar-refractivity contribution >= 4 is 23.4 Å². The zero-order valence-corrected chi connectivity index (χ0v) is 13.6. The van der Waals surface area contributed by atoms with Crippen LogP contribution < -0.4 is 5.32 Å². The molecule has 1 atom stereocenters. The van der Waals surface area contributed by atoms with Gasteiger partial charge in [-0.25, -0.2) is 0 Å². The molecular formula is C16H21ClN2O3. The number of phenols is 1. The number of likely N-dealkylation sites (tertiary alicyclic amines) is 1. The molecule has 0 aromatic heterocycles. The van der Waals surface area contributed by atoms with Gasteiger partial charge in [0.05, 0.1) is 5.02 Å². The molecule has 2 amide bonds. The number of hydrogen-bond donors (Lipinski definition) is 2. The number of halogens is 1. The first-order valence-corrected chi connectivity index (χ1v) is 7.84. The van der Waals surface area contributed by atoms with Crippen LogP contribution in [0.15, 0.2) is 18.2 Å². The zero-order valence-electron chi connectivity index (χ0n) is 12.8. The van der Waals surface area contributed by atoms with E-state index in [1.807, 2.05) is 13.8 Å². The highest BCUT2D eigenvalue weighted by Crippen LogP contribution is 2.25. The highest BCUT2D eigenvalue weighted by Gasteiger charge is 2.26. The molecule has 0 bridgehead atoms. The van der Waals surface area contributed by atoms with E-state index in [1.54, 1.807) is 11.0 Å². The molecule has 0 unspecified atom stereocenters. The Balaban J connectivity index is 2.03. The van der Waals surface area contributed by atoms with Gasteiger partial charge in [0.2, 0.25) is 5.91 Å². The summed E-state index contributed by atoms with van der Waals surface area (Å²) < 4.78 is 0. The van der Waals surface area contributed by atoms with Crippen molar-refractivity contribution in [3.8, 4) is 5.75 Å². The average molecular weight is 325 g/mol. The van der Waals surface area contributed by atoms with Crippen molar-refractivity contribution in [2.75, 3.05) is 13.1 Å². The Labute approximate surface area is 135 Å². The van der Waals surface area contributed by atoms with E-state index < -0.39 is 0 Å². The largest absolute Gasteiger partial charge is 0.506 e. The molecule has 5 nitrogen and oxygen atoms in total. The quantitative estimate of drug-likeness (QED) is 0.897. The molecule has 22 heavy (non-hydrogen) atoms. The van der Waals surface area contributed by atoms with Crippen LogP contribution in [-0.2, 0) is 4.79 Å². The van der Waals surface area contributed by atoms with Crippen molar-refractivity contribution in [1.82, 2.24) is 10.2 Å². The van der Waals surface area contributed by atoms with Gasteiger partial charge in [0, 0.05) is 30.6 Å². The number of hydrogen-bond acceptors (Lipinski definition) is 3. The summed E-state index contributed by atoms with van der Waals surface area (Å²) in [5.41, 5.74) is 0.443. The molecule has 0 radical (unpaired) electrons. The van der Waals surface area contributed by atoms with Gasteiger partial charge < -0.3 is 15.3 Å². The number of carbonyl (C=O) groups excluding carboxylic acids is 2. The van der Waals surface area contributed by atoms with Gasteiger partial charge in [-0.05, 0) is 31.0 Å². The first-order chi connectivity index (χ1) is 10.4. The van der Waals surface area contributed by atoms with E-state index in [9.17, 15) is 14.7 Å². The standard InChI is InChI=1S/C16H21ClN2O3/c1-10(2)15(21)18-12-4-3-7-19(9-12)16(22)11-5-6-14(20)13(17)8-11/h5-6,8,10,12,20H,3-4,7,9H2,1-2H3,(H,18,21)/t12-/m0/s1. The first kappa shape index (κ1) is 16.6. The van der Waals surface area contributed by atoms with Gasteiger partial charge in [0.25, 0.3) is 5.91 Å². The van der Waals surface area contributed by atoms with E-state index in [0.29, 0.717) is 18.7 Å². The molecule has 0 saturated carbocycles. The summed E-state index contributed by atoms with van der Waals surface area (Å²) >= 11 is 5.85. The lowest BCUT2D eigenvalue weighted by Crippen LogP contribution is -2.50. The Morgan fingerprint density at radius 2 is 2.14 bits per heavy atom. The molecule has 1 heterocycles. The maximum absolute atomic E-state index is 12.5. The summed E-state index contributed by atoms with van der Waals surface area (Å²) in [5.74, 6) is -0.238. The minimum Gasteiger partial charge on any atom is -0.506 e. The summed E-state index contributed by atoms with van der Waals surface area (Å²) in [5, 5.41) is 12.6. The fraction of sp³-hybridized carbons (Fsp3) is 0.500. The van der Waals surface area contributed by atoms with E-state index in [4.69, 9.17) is 11.6 Å². The summed E-state index contributed by atoms with van der Waals surface area (Å²) in [4.78, 5) is 26.0. The van der Waals surface area contributed by atoms with E-state index in [1.165, 1.54) is 12.1 Å². The lowest BCUT2D eigenvalue weighted by atomic mass is 10.0. The molecule has 120 valence electrons. The van der Waals surface area contributed by atoms with Crippen LogP contribution in [0, 0.1) is 5.92 Å². The summed E-state index contributed by atoms with van der Waals surface area (Å²) in [7, 11) is 0. The van der Waals surface area contributed by atoms with Crippen molar-refractivity contribution in [3.63, 3.8) is 0 Å². The molecule has 1 aliphatic rings. The molecule has 1 saturated heterocycles. The second kappa shape index (κ2) is 7.01. The monoisotopic (exact) mass is 324 g/mol. The number of rotatable bonds is 3. The normalized spacial score (nSPS) is 18.4. The molecule has 6 heteroatoms. The molecule has 0 spiro atoms. The molecule has 1 aromatic rings. The van der Waals surface area contributed by atoms with E-state index in [-0.39, 0.29) is 34.5 Å². The molecule has 1 aliphatic heterocycles. The van der Waals surface area contributed by atoms with E-state index in [2.05, 4.69) is 5.32 Å². The third-order valence-electron chi connectivity index (χ3n) is 3.77. The van der Waals surface area contributed by atoms with E-state index >= 15 is 0 Å². The molecule has 2 rings (SSSR count). The van der Waals surface area contributed by atoms with Crippen LogP contribution in [0.25, 0.3) is 0 Å². The van der Waals surface area contributed by atoms with Crippen molar-refractivity contribution in [2.24, 2.45) is 5.92 Å². The number of aromatic hydroxyl groups is 1. The topological polar surface area (TPSA) is 69.6 Å². The van der Waals surface area contributed by atoms with Gasteiger partial charge in [-0.3, -0.25) is 9.59 Å². The molecule has 1 fully saturated rings. The predicted octanol–water partition coefficient (Wildman–Crippen LogP) is 2.42. The Hall–Kier alpha value is -1.75. The highest BCUT2D eigenvalue weighted by atomic mass is 35.5. The summed E-state index contributed by atoms with van der Waals surface area (Å²) in [6, 6.07) is 4.42. The van der Waals surface area contributed by atoms with E-state index in [0.717, 1.165) is 12.8 Å².